The highest BCUT2D eigenvalue weighted by Gasteiger charge is 2.27. The number of benzene rings is 3. The molecule has 0 N–H and O–H groups in total. The largest absolute Gasteiger partial charge is 0.488 e. The van der Waals surface area contributed by atoms with E-state index in [1.54, 1.807) is 55.5 Å². The van der Waals surface area contributed by atoms with Crippen LogP contribution in [-0.4, -0.2) is 26.2 Å². The van der Waals surface area contributed by atoms with E-state index in [-0.39, 0.29) is 23.9 Å². The molecular weight excluding hydrogens is 559 g/mol. The van der Waals surface area contributed by atoms with E-state index >= 15 is 0 Å². The van der Waals surface area contributed by atoms with Gasteiger partial charge in [-0.2, -0.15) is 0 Å². The standard InChI is InChI=1S/C24H19BrClFN4O3S/c1-15-28-29-24(31(15)19-9-7-18(26)8-10-19)35-23(13-30(32)33)20-12-17(25)6-11-22(20)34-14-16-4-2-3-5-21(16)27/h2-12,23H,13-14H2,1H3/t23-/m0/s1. The van der Waals surface area contributed by atoms with Gasteiger partial charge in [0.1, 0.15) is 29.2 Å². The zero-order chi connectivity index (χ0) is 24.9. The van der Waals surface area contributed by atoms with Crippen molar-refractivity contribution in [2.75, 3.05) is 6.54 Å². The van der Waals surface area contributed by atoms with E-state index in [4.69, 9.17) is 16.3 Å². The van der Waals surface area contributed by atoms with Crippen LogP contribution in [0.25, 0.3) is 5.69 Å². The second-order valence-electron chi connectivity index (χ2n) is 7.53. The van der Waals surface area contributed by atoms with Crippen LogP contribution in [0.3, 0.4) is 0 Å². The first kappa shape index (κ1) is 25.2. The van der Waals surface area contributed by atoms with Crippen molar-refractivity contribution in [1.29, 1.82) is 0 Å². The first-order chi connectivity index (χ1) is 16.8. The number of nitro groups is 1. The zero-order valence-electron chi connectivity index (χ0n) is 18.4. The third-order valence-electron chi connectivity index (χ3n) is 5.10. The summed E-state index contributed by atoms with van der Waals surface area (Å²) in [4.78, 5) is 11.2. The Kier molecular flexibility index (Phi) is 8.04. The minimum Gasteiger partial charge on any atom is -0.488 e. The lowest BCUT2D eigenvalue weighted by Gasteiger charge is -2.18. The van der Waals surface area contributed by atoms with Gasteiger partial charge in [-0.3, -0.25) is 14.7 Å². The number of nitrogens with zero attached hydrogens (tertiary/aromatic N) is 4. The van der Waals surface area contributed by atoms with Crippen LogP contribution >= 0.6 is 39.3 Å². The summed E-state index contributed by atoms with van der Waals surface area (Å²) in [6.07, 6.45) is 0. The lowest BCUT2D eigenvalue weighted by Crippen LogP contribution is -2.13. The Balaban J connectivity index is 1.68. The highest BCUT2D eigenvalue weighted by Crippen LogP contribution is 2.41. The summed E-state index contributed by atoms with van der Waals surface area (Å²) in [5.74, 6) is 0.666. The molecular formula is C24H19BrClFN4O3S. The molecule has 1 atom stereocenters. The van der Waals surface area contributed by atoms with Crippen molar-refractivity contribution < 1.29 is 14.1 Å². The molecule has 0 radical (unpaired) electrons. The SMILES string of the molecule is Cc1nnc(S[C@@H](C[N+](=O)[O-])c2cc(Br)ccc2OCc2ccccc2F)n1-c1ccc(Cl)cc1. The molecule has 0 spiro atoms. The van der Waals surface area contributed by atoms with Crippen molar-refractivity contribution in [1.82, 2.24) is 14.8 Å². The van der Waals surface area contributed by atoms with Crippen LogP contribution in [0.5, 0.6) is 5.75 Å². The summed E-state index contributed by atoms with van der Waals surface area (Å²) < 4.78 is 22.6. The summed E-state index contributed by atoms with van der Waals surface area (Å²) >= 11 is 10.7. The number of halogens is 3. The van der Waals surface area contributed by atoms with Crippen LogP contribution in [0.1, 0.15) is 22.2 Å². The first-order valence-electron chi connectivity index (χ1n) is 10.4. The van der Waals surface area contributed by atoms with Gasteiger partial charge >= 0.3 is 0 Å². The van der Waals surface area contributed by atoms with Crippen LogP contribution in [0.2, 0.25) is 5.02 Å². The van der Waals surface area contributed by atoms with Crippen LogP contribution in [0.15, 0.2) is 76.4 Å². The van der Waals surface area contributed by atoms with Gasteiger partial charge in [0.2, 0.25) is 6.54 Å². The fraction of sp³-hybridized carbons (Fsp3) is 0.167. The Morgan fingerprint density at radius 3 is 2.63 bits per heavy atom. The van der Waals surface area contributed by atoms with E-state index in [1.165, 1.54) is 17.8 Å². The summed E-state index contributed by atoms with van der Waals surface area (Å²) in [5.41, 5.74) is 1.75. The molecule has 0 aliphatic carbocycles. The van der Waals surface area contributed by atoms with E-state index in [1.807, 2.05) is 16.7 Å². The Hall–Kier alpha value is -2.95. The number of hydrogen-bond acceptors (Lipinski definition) is 6. The summed E-state index contributed by atoms with van der Waals surface area (Å²) in [5, 5.41) is 20.5. The third-order valence-corrected chi connectivity index (χ3v) is 7.01. The molecule has 0 unspecified atom stereocenters. The fourth-order valence-corrected chi connectivity index (χ4v) is 5.14. The molecule has 3 aromatic carbocycles. The fourth-order valence-electron chi connectivity index (χ4n) is 3.44. The molecule has 180 valence electrons. The number of thioether (sulfide) groups is 1. The van der Waals surface area contributed by atoms with Crippen molar-refractivity contribution in [3.8, 4) is 11.4 Å². The van der Waals surface area contributed by atoms with E-state index < -0.39 is 5.25 Å². The molecule has 35 heavy (non-hydrogen) atoms. The van der Waals surface area contributed by atoms with Crippen LogP contribution in [0.4, 0.5) is 4.39 Å². The molecule has 4 rings (SSSR count). The number of aromatic nitrogens is 3. The second-order valence-corrected chi connectivity index (χ2v) is 10.0. The summed E-state index contributed by atoms with van der Waals surface area (Å²) in [6, 6.07) is 18.7. The maximum atomic E-state index is 14.1. The van der Waals surface area contributed by atoms with Gasteiger partial charge < -0.3 is 4.74 Å². The average molecular weight is 578 g/mol. The van der Waals surface area contributed by atoms with Gasteiger partial charge in [0.25, 0.3) is 0 Å². The highest BCUT2D eigenvalue weighted by atomic mass is 79.9. The Morgan fingerprint density at radius 2 is 1.91 bits per heavy atom. The van der Waals surface area contributed by atoms with Gasteiger partial charge in [0, 0.05) is 31.2 Å². The van der Waals surface area contributed by atoms with Gasteiger partial charge in [-0.25, -0.2) is 4.39 Å². The smallest absolute Gasteiger partial charge is 0.220 e. The van der Waals surface area contributed by atoms with Gasteiger partial charge in [0.15, 0.2) is 5.16 Å². The van der Waals surface area contributed by atoms with E-state index in [9.17, 15) is 14.5 Å². The average Bonchev–Trinajstić information content (AvgIpc) is 3.19. The van der Waals surface area contributed by atoms with Crippen molar-refractivity contribution in [2.24, 2.45) is 0 Å². The number of rotatable bonds is 9. The van der Waals surface area contributed by atoms with Gasteiger partial charge in [-0.05, 0) is 55.5 Å². The van der Waals surface area contributed by atoms with E-state index in [0.717, 1.165) is 10.2 Å². The van der Waals surface area contributed by atoms with Gasteiger partial charge in [-0.1, -0.05) is 57.5 Å². The Labute approximate surface area is 218 Å². The Bertz CT molecular complexity index is 1350. The van der Waals surface area contributed by atoms with E-state index in [2.05, 4.69) is 26.1 Å². The molecule has 7 nitrogen and oxygen atoms in total. The molecule has 1 aromatic heterocycles. The lowest BCUT2D eigenvalue weighted by molar-refractivity contribution is -0.479. The van der Waals surface area contributed by atoms with Crippen molar-refractivity contribution in [3.05, 3.63) is 109 Å². The topological polar surface area (TPSA) is 83.1 Å². The normalized spacial score (nSPS) is 11.9. The van der Waals surface area contributed by atoms with Crippen LogP contribution in [-0.2, 0) is 6.61 Å². The van der Waals surface area contributed by atoms with Crippen LogP contribution < -0.4 is 4.74 Å². The van der Waals surface area contributed by atoms with Gasteiger partial charge in [-0.15, -0.1) is 10.2 Å². The van der Waals surface area contributed by atoms with E-state index in [0.29, 0.717) is 32.9 Å². The molecule has 0 aliphatic rings. The molecule has 0 saturated heterocycles. The lowest BCUT2D eigenvalue weighted by atomic mass is 10.1. The molecule has 0 amide bonds. The molecule has 0 fully saturated rings. The Morgan fingerprint density at radius 1 is 1.17 bits per heavy atom. The molecule has 0 bridgehead atoms. The second kappa shape index (κ2) is 11.2. The predicted octanol–water partition coefficient (Wildman–Crippen LogP) is 6.82. The molecule has 4 aromatic rings. The minimum absolute atomic E-state index is 0.0166. The summed E-state index contributed by atoms with van der Waals surface area (Å²) in [6.45, 7) is 1.40. The zero-order valence-corrected chi connectivity index (χ0v) is 21.6. The summed E-state index contributed by atoms with van der Waals surface area (Å²) in [7, 11) is 0. The van der Waals surface area contributed by atoms with Crippen molar-refractivity contribution in [3.63, 3.8) is 0 Å². The minimum atomic E-state index is -0.659. The number of aryl methyl sites for hydroxylation is 1. The van der Waals surface area contributed by atoms with Crippen molar-refractivity contribution in [2.45, 2.75) is 23.9 Å². The quantitative estimate of drug-likeness (QED) is 0.123. The maximum absolute atomic E-state index is 14.1. The van der Waals surface area contributed by atoms with Crippen molar-refractivity contribution >= 4 is 39.3 Å². The monoisotopic (exact) mass is 576 g/mol. The molecule has 11 heteroatoms. The third kappa shape index (κ3) is 6.19. The predicted molar refractivity (Wildman–Crippen MR) is 136 cm³/mol. The first-order valence-corrected chi connectivity index (χ1v) is 12.5. The highest BCUT2D eigenvalue weighted by molar-refractivity contribution is 9.10. The van der Waals surface area contributed by atoms with Gasteiger partial charge in [0.05, 0.1) is 0 Å². The molecule has 0 aliphatic heterocycles. The number of ether oxygens (including phenoxy) is 1. The molecule has 0 saturated carbocycles. The number of hydrogen-bond donors (Lipinski definition) is 0. The molecule has 1 heterocycles. The maximum Gasteiger partial charge on any atom is 0.220 e. The van der Waals surface area contributed by atoms with Crippen LogP contribution in [0, 0.1) is 22.9 Å².